The number of fused-ring (bicyclic) bond motifs is 1. The number of nitrogens with zero attached hydrogens (tertiary/aromatic N) is 3. The Labute approximate surface area is 114 Å². The van der Waals surface area contributed by atoms with Crippen molar-refractivity contribution in [1.29, 1.82) is 0 Å². The van der Waals surface area contributed by atoms with Crippen molar-refractivity contribution >= 4 is 16.7 Å². The number of benzene rings is 1. The largest absolute Gasteiger partial charge is 0.342 e. The molecule has 20 heavy (non-hydrogen) atoms. The van der Waals surface area contributed by atoms with Gasteiger partial charge in [0, 0.05) is 11.6 Å². The summed E-state index contributed by atoms with van der Waals surface area (Å²) in [7, 11) is 0. The number of hydrogen-bond acceptors (Lipinski definition) is 5. The molecule has 100 valence electrons. The van der Waals surface area contributed by atoms with Gasteiger partial charge in [-0.05, 0) is 18.4 Å². The molecule has 1 amide bonds. The Morgan fingerprint density at radius 2 is 2.15 bits per heavy atom. The molecular formula is C14H12N4O2. The van der Waals surface area contributed by atoms with Crippen LogP contribution in [0.2, 0.25) is 0 Å². The van der Waals surface area contributed by atoms with Gasteiger partial charge in [0.15, 0.2) is 5.82 Å². The van der Waals surface area contributed by atoms with Crippen LogP contribution < -0.4 is 5.32 Å². The van der Waals surface area contributed by atoms with Crippen molar-refractivity contribution < 1.29 is 9.32 Å². The SMILES string of the molecule is Cc1noc(CNC(=O)c2nccc3ccccc23)n1. The van der Waals surface area contributed by atoms with E-state index in [2.05, 4.69) is 20.4 Å². The molecule has 0 atom stereocenters. The van der Waals surface area contributed by atoms with E-state index in [4.69, 9.17) is 4.52 Å². The van der Waals surface area contributed by atoms with Crippen molar-refractivity contribution in [2.75, 3.05) is 0 Å². The van der Waals surface area contributed by atoms with Gasteiger partial charge in [0.2, 0.25) is 5.89 Å². The summed E-state index contributed by atoms with van der Waals surface area (Å²) in [5.41, 5.74) is 0.388. The molecule has 0 unspecified atom stereocenters. The average Bonchev–Trinajstić information content (AvgIpc) is 2.90. The lowest BCUT2D eigenvalue weighted by Gasteiger charge is -2.05. The fourth-order valence-electron chi connectivity index (χ4n) is 1.95. The molecule has 6 nitrogen and oxygen atoms in total. The van der Waals surface area contributed by atoms with Gasteiger partial charge >= 0.3 is 0 Å². The lowest BCUT2D eigenvalue weighted by Crippen LogP contribution is -2.24. The third kappa shape index (κ3) is 2.35. The molecule has 3 rings (SSSR count). The normalized spacial score (nSPS) is 10.7. The van der Waals surface area contributed by atoms with Crippen molar-refractivity contribution in [3.8, 4) is 0 Å². The molecule has 0 aliphatic rings. The van der Waals surface area contributed by atoms with Crippen LogP contribution in [0, 0.1) is 6.92 Å². The lowest BCUT2D eigenvalue weighted by atomic mass is 10.1. The quantitative estimate of drug-likeness (QED) is 0.784. The molecule has 1 N–H and O–H groups in total. The Morgan fingerprint density at radius 3 is 2.95 bits per heavy atom. The van der Waals surface area contributed by atoms with E-state index in [0.717, 1.165) is 10.8 Å². The van der Waals surface area contributed by atoms with E-state index in [1.807, 2.05) is 30.3 Å². The van der Waals surface area contributed by atoms with E-state index in [1.165, 1.54) is 0 Å². The number of pyridine rings is 1. The summed E-state index contributed by atoms with van der Waals surface area (Å²) in [5, 5.41) is 8.17. The number of amides is 1. The molecule has 0 spiro atoms. The number of aryl methyl sites for hydroxylation is 1. The Hall–Kier alpha value is -2.76. The third-order valence-electron chi connectivity index (χ3n) is 2.86. The number of aromatic nitrogens is 3. The van der Waals surface area contributed by atoms with E-state index in [0.29, 0.717) is 17.4 Å². The molecule has 0 bridgehead atoms. The summed E-state index contributed by atoms with van der Waals surface area (Å²) < 4.78 is 4.94. The van der Waals surface area contributed by atoms with Crippen molar-refractivity contribution in [2.45, 2.75) is 13.5 Å². The minimum absolute atomic E-state index is 0.185. The van der Waals surface area contributed by atoms with E-state index in [9.17, 15) is 4.79 Å². The van der Waals surface area contributed by atoms with E-state index >= 15 is 0 Å². The molecule has 0 fully saturated rings. The fraction of sp³-hybridized carbons (Fsp3) is 0.143. The smallest absolute Gasteiger partial charge is 0.270 e. The third-order valence-corrected chi connectivity index (χ3v) is 2.86. The van der Waals surface area contributed by atoms with Gasteiger partial charge in [0.1, 0.15) is 5.69 Å². The van der Waals surface area contributed by atoms with Gasteiger partial charge in [-0.3, -0.25) is 9.78 Å². The van der Waals surface area contributed by atoms with Gasteiger partial charge in [-0.25, -0.2) is 0 Å². The van der Waals surface area contributed by atoms with Crippen molar-refractivity contribution in [2.24, 2.45) is 0 Å². The summed E-state index contributed by atoms with van der Waals surface area (Å²) in [5.74, 6) is 0.645. The summed E-state index contributed by atoms with van der Waals surface area (Å²) in [6.45, 7) is 1.91. The highest BCUT2D eigenvalue weighted by Crippen LogP contribution is 2.16. The molecule has 0 aliphatic carbocycles. The predicted octanol–water partition coefficient (Wildman–Crippen LogP) is 1.86. The molecular weight excluding hydrogens is 256 g/mol. The van der Waals surface area contributed by atoms with Gasteiger partial charge in [0.05, 0.1) is 6.54 Å². The van der Waals surface area contributed by atoms with Crippen molar-refractivity contribution in [3.05, 3.63) is 53.9 Å². The van der Waals surface area contributed by atoms with Crippen LogP contribution in [-0.2, 0) is 6.54 Å². The lowest BCUT2D eigenvalue weighted by molar-refractivity contribution is 0.0943. The van der Waals surface area contributed by atoms with E-state index < -0.39 is 0 Å². The zero-order chi connectivity index (χ0) is 13.9. The Bertz CT molecular complexity index is 761. The zero-order valence-corrected chi connectivity index (χ0v) is 10.8. The number of hydrogen-bond donors (Lipinski definition) is 1. The number of nitrogens with one attached hydrogen (secondary N) is 1. The number of carbonyl (C=O) groups excluding carboxylic acids is 1. The summed E-state index contributed by atoms with van der Waals surface area (Å²) >= 11 is 0. The molecule has 6 heteroatoms. The topological polar surface area (TPSA) is 80.9 Å². The van der Waals surface area contributed by atoms with Crippen molar-refractivity contribution in [3.63, 3.8) is 0 Å². The van der Waals surface area contributed by atoms with Gasteiger partial charge in [-0.2, -0.15) is 4.98 Å². The maximum absolute atomic E-state index is 12.2. The molecule has 0 saturated heterocycles. The van der Waals surface area contributed by atoms with Gasteiger partial charge in [-0.15, -0.1) is 0 Å². The van der Waals surface area contributed by atoms with Crippen LogP contribution in [0.4, 0.5) is 0 Å². The first kappa shape index (κ1) is 12.3. The second kappa shape index (κ2) is 5.08. The highest BCUT2D eigenvalue weighted by atomic mass is 16.5. The van der Waals surface area contributed by atoms with Crippen LogP contribution in [0.1, 0.15) is 22.2 Å². The minimum atomic E-state index is -0.266. The van der Waals surface area contributed by atoms with E-state index in [-0.39, 0.29) is 12.5 Å². The second-order valence-corrected chi connectivity index (χ2v) is 4.30. The summed E-state index contributed by atoms with van der Waals surface area (Å²) in [6.07, 6.45) is 1.62. The number of rotatable bonds is 3. The molecule has 3 aromatic rings. The predicted molar refractivity (Wildman–Crippen MR) is 71.9 cm³/mol. The van der Waals surface area contributed by atoms with Gasteiger partial charge < -0.3 is 9.84 Å². The molecule has 1 aromatic carbocycles. The average molecular weight is 268 g/mol. The van der Waals surface area contributed by atoms with E-state index in [1.54, 1.807) is 13.1 Å². The van der Waals surface area contributed by atoms with Crippen LogP contribution >= 0.6 is 0 Å². The first-order valence-corrected chi connectivity index (χ1v) is 6.15. The maximum atomic E-state index is 12.2. The van der Waals surface area contributed by atoms with Crippen LogP contribution in [0.5, 0.6) is 0 Å². The Balaban J connectivity index is 1.82. The van der Waals surface area contributed by atoms with Crippen LogP contribution in [0.25, 0.3) is 10.8 Å². The summed E-state index contributed by atoms with van der Waals surface area (Å²) in [6, 6.07) is 9.48. The van der Waals surface area contributed by atoms with Crippen molar-refractivity contribution in [1.82, 2.24) is 20.4 Å². The molecule has 2 heterocycles. The van der Waals surface area contributed by atoms with Gasteiger partial charge in [0.25, 0.3) is 5.91 Å². The second-order valence-electron chi connectivity index (χ2n) is 4.30. The summed E-state index contributed by atoms with van der Waals surface area (Å²) in [4.78, 5) is 20.3. The fourth-order valence-corrected chi connectivity index (χ4v) is 1.95. The monoisotopic (exact) mass is 268 g/mol. The van der Waals surface area contributed by atoms with Crippen LogP contribution in [0.15, 0.2) is 41.1 Å². The standard InChI is InChI=1S/C14H12N4O2/c1-9-17-12(20-18-9)8-16-14(19)13-11-5-3-2-4-10(11)6-7-15-13/h2-7H,8H2,1H3,(H,16,19). The molecule has 0 aliphatic heterocycles. The van der Waals surface area contributed by atoms with Crippen LogP contribution in [0.3, 0.4) is 0 Å². The minimum Gasteiger partial charge on any atom is -0.342 e. The first-order valence-electron chi connectivity index (χ1n) is 6.15. The molecule has 0 saturated carbocycles. The van der Waals surface area contributed by atoms with Crippen LogP contribution in [-0.4, -0.2) is 21.0 Å². The number of carbonyl (C=O) groups is 1. The maximum Gasteiger partial charge on any atom is 0.270 e. The highest BCUT2D eigenvalue weighted by Gasteiger charge is 2.12. The molecule has 2 aromatic heterocycles. The zero-order valence-electron chi connectivity index (χ0n) is 10.8. The Morgan fingerprint density at radius 1 is 1.30 bits per heavy atom. The van der Waals surface area contributed by atoms with Gasteiger partial charge in [-0.1, -0.05) is 29.4 Å². The Kier molecular flexibility index (Phi) is 3.12. The first-order chi connectivity index (χ1) is 9.74. The molecule has 0 radical (unpaired) electrons. The highest BCUT2D eigenvalue weighted by molar-refractivity contribution is 6.05.